The molecule has 24 heavy (non-hydrogen) atoms. The van der Waals surface area contributed by atoms with Gasteiger partial charge in [-0.2, -0.15) is 0 Å². The van der Waals surface area contributed by atoms with Gasteiger partial charge in [0.25, 0.3) is 0 Å². The summed E-state index contributed by atoms with van der Waals surface area (Å²) >= 11 is 0. The topological polar surface area (TPSA) is 30.3 Å². The van der Waals surface area contributed by atoms with Crippen LogP contribution in [0.3, 0.4) is 0 Å². The highest BCUT2D eigenvalue weighted by Crippen LogP contribution is 2.39. The highest BCUT2D eigenvalue weighted by molar-refractivity contribution is 5.20. The van der Waals surface area contributed by atoms with Gasteiger partial charge in [-0.1, -0.05) is 30.3 Å². The molecule has 3 heteroatoms. The first-order valence-corrected chi connectivity index (χ1v) is 9.77. The second kappa shape index (κ2) is 9.55. The third kappa shape index (κ3) is 6.54. The average Bonchev–Trinajstić information content (AvgIpc) is 2.53. The molecule has 2 atom stereocenters. The molecule has 1 heterocycles. The van der Waals surface area contributed by atoms with Gasteiger partial charge in [0.1, 0.15) is 0 Å². The lowest BCUT2D eigenvalue weighted by Crippen LogP contribution is -3.06. The number of quaternary nitrogens is 2. The second-order valence-corrected chi connectivity index (χ2v) is 8.34. The van der Waals surface area contributed by atoms with E-state index in [-0.39, 0.29) is 5.60 Å². The molecule has 0 aromatic heterocycles. The summed E-state index contributed by atoms with van der Waals surface area (Å²) in [5, 5.41) is 2.52. The lowest BCUT2D eigenvalue weighted by Gasteiger charge is -2.39. The van der Waals surface area contributed by atoms with Crippen LogP contribution in [0.2, 0.25) is 0 Å². The molecule has 0 bridgehead atoms. The molecule has 0 spiro atoms. The molecule has 2 rings (SSSR count). The summed E-state index contributed by atoms with van der Waals surface area (Å²) in [6.45, 7) is 9.17. The summed E-state index contributed by atoms with van der Waals surface area (Å²) in [5.74, 6) is 1.42. The Kier molecular flexibility index (Phi) is 7.73. The van der Waals surface area contributed by atoms with E-state index >= 15 is 0 Å². The monoisotopic (exact) mass is 334 g/mol. The zero-order valence-corrected chi connectivity index (χ0v) is 16.2. The van der Waals surface area contributed by atoms with E-state index in [2.05, 4.69) is 63.6 Å². The van der Waals surface area contributed by atoms with Crippen molar-refractivity contribution in [2.45, 2.75) is 51.0 Å². The summed E-state index contributed by atoms with van der Waals surface area (Å²) in [4.78, 5) is 1.55. The molecular weight excluding hydrogens is 296 g/mol. The van der Waals surface area contributed by atoms with Gasteiger partial charge >= 0.3 is 0 Å². The van der Waals surface area contributed by atoms with E-state index in [4.69, 9.17) is 4.74 Å². The largest absolute Gasteiger partial charge is 0.376 e. The zero-order chi connectivity index (χ0) is 17.4. The van der Waals surface area contributed by atoms with E-state index in [0.29, 0.717) is 5.92 Å². The third-order valence-corrected chi connectivity index (χ3v) is 5.30. The number of ether oxygens (including phenoxy) is 1. The van der Waals surface area contributed by atoms with E-state index in [1.807, 2.05) is 0 Å². The van der Waals surface area contributed by atoms with Crippen LogP contribution < -0.4 is 10.2 Å². The predicted octanol–water partition coefficient (Wildman–Crippen LogP) is 1.46. The Labute approximate surface area is 148 Å². The van der Waals surface area contributed by atoms with Crippen molar-refractivity contribution < 1.29 is 15.0 Å². The Balaban J connectivity index is 1.89. The first kappa shape index (κ1) is 19.4. The molecule has 136 valence electrons. The molecule has 1 aliphatic rings. The molecule has 0 radical (unpaired) electrons. The molecule has 0 amide bonds. The van der Waals surface area contributed by atoms with E-state index in [1.165, 1.54) is 50.9 Å². The Morgan fingerprint density at radius 3 is 2.62 bits per heavy atom. The highest BCUT2D eigenvalue weighted by atomic mass is 16.5. The minimum Gasteiger partial charge on any atom is -0.376 e. The van der Waals surface area contributed by atoms with E-state index in [9.17, 15) is 0 Å². The first-order valence-electron chi connectivity index (χ1n) is 9.77. The number of rotatable bonds is 9. The van der Waals surface area contributed by atoms with Crippen LogP contribution in [-0.2, 0) is 4.74 Å². The summed E-state index contributed by atoms with van der Waals surface area (Å²) in [6.07, 6.45) is 4.96. The van der Waals surface area contributed by atoms with Crippen LogP contribution in [0.4, 0.5) is 0 Å². The van der Waals surface area contributed by atoms with Gasteiger partial charge < -0.3 is 15.0 Å². The van der Waals surface area contributed by atoms with Crippen molar-refractivity contribution in [1.82, 2.24) is 0 Å². The van der Waals surface area contributed by atoms with Crippen molar-refractivity contribution in [3.8, 4) is 0 Å². The van der Waals surface area contributed by atoms with Gasteiger partial charge in [0.15, 0.2) is 0 Å². The maximum Gasteiger partial charge on any atom is 0.0821 e. The quantitative estimate of drug-likeness (QED) is 0.658. The maximum absolute atomic E-state index is 5.95. The van der Waals surface area contributed by atoms with Crippen molar-refractivity contribution in [2.24, 2.45) is 5.92 Å². The second-order valence-electron chi connectivity index (χ2n) is 8.34. The Morgan fingerprint density at radius 2 is 1.96 bits per heavy atom. The fraction of sp³-hybridized carbons (Fsp3) is 0.714. The van der Waals surface area contributed by atoms with Crippen molar-refractivity contribution in [2.75, 3.05) is 40.3 Å². The minimum atomic E-state index is 0.0359. The van der Waals surface area contributed by atoms with Gasteiger partial charge in [0, 0.05) is 19.4 Å². The highest BCUT2D eigenvalue weighted by Gasteiger charge is 2.34. The van der Waals surface area contributed by atoms with E-state index in [0.717, 1.165) is 12.5 Å². The third-order valence-electron chi connectivity index (χ3n) is 5.30. The van der Waals surface area contributed by atoms with Gasteiger partial charge in [0.05, 0.1) is 39.3 Å². The molecule has 1 fully saturated rings. The molecule has 3 nitrogen and oxygen atoms in total. The van der Waals surface area contributed by atoms with Crippen LogP contribution in [-0.4, -0.2) is 45.9 Å². The molecule has 1 saturated heterocycles. The molecule has 0 unspecified atom stereocenters. The lowest BCUT2D eigenvalue weighted by atomic mass is 9.75. The van der Waals surface area contributed by atoms with Gasteiger partial charge in [-0.3, -0.25) is 0 Å². The Bertz CT molecular complexity index is 458. The van der Waals surface area contributed by atoms with Crippen LogP contribution in [0, 0.1) is 5.92 Å². The maximum atomic E-state index is 5.95. The first-order chi connectivity index (χ1) is 11.5. The van der Waals surface area contributed by atoms with Crippen LogP contribution in [0.5, 0.6) is 0 Å². The molecule has 3 N–H and O–H groups in total. The number of hydrogen-bond donors (Lipinski definition) is 2. The summed E-state index contributed by atoms with van der Waals surface area (Å²) < 4.78 is 5.95. The standard InChI is InChI=1S/C21H36N2O/c1-21(2)17-19(12-16-24-21)20(18-9-6-5-7-10-18)11-14-22-13-8-15-23(3)4/h5-7,9-10,19-20,22H,8,11-17H2,1-4H3/p+2/t19-,20+/m1/s1. The molecule has 1 aromatic carbocycles. The molecule has 0 aliphatic carbocycles. The normalized spacial score (nSPS) is 21.8. The van der Waals surface area contributed by atoms with Gasteiger partial charge in [0.2, 0.25) is 0 Å². The van der Waals surface area contributed by atoms with Crippen molar-refractivity contribution in [3.63, 3.8) is 0 Å². The van der Waals surface area contributed by atoms with Crippen molar-refractivity contribution >= 4 is 0 Å². The molecule has 1 aliphatic heterocycles. The van der Waals surface area contributed by atoms with Crippen LogP contribution >= 0.6 is 0 Å². The molecule has 0 saturated carbocycles. The van der Waals surface area contributed by atoms with Gasteiger partial charge in [-0.25, -0.2) is 0 Å². The molecule has 1 aromatic rings. The van der Waals surface area contributed by atoms with Crippen LogP contribution in [0.25, 0.3) is 0 Å². The average molecular weight is 335 g/mol. The fourth-order valence-corrected chi connectivity index (χ4v) is 4.04. The SMILES string of the molecule is C[NH+](C)CCC[NH2+]CC[C@@H](c1ccccc1)[C@@H]1CCOC(C)(C)C1. The predicted molar refractivity (Wildman–Crippen MR) is 101 cm³/mol. The van der Waals surface area contributed by atoms with E-state index in [1.54, 1.807) is 4.90 Å². The molecular formula is C21H38N2O+2. The lowest BCUT2D eigenvalue weighted by molar-refractivity contribution is -0.860. The minimum absolute atomic E-state index is 0.0359. The zero-order valence-electron chi connectivity index (χ0n) is 16.2. The summed E-state index contributed by atoms with van der Waals surface area (Å²) in [7, 11) is 4.47. The van der Waals surface area contributed by atoms with Crippen LogP contribution in [0.1, 0.15) is 51.0 Å². The number of benzene rings is 1. The van der Waals surface area contributed by atoms with Gasteiger partial charge in [-0.05, 0) is 44.1 Å². The summed E-state index contributed by atoms with van der Waals surface area (Å²) in [5.41, 5.74) is 1.56. The van der Waals surface area contributed by atoms with Gasteiger partial charge in [-0.15, -0.1) is 0 Å². The van der Waals surface area contributed by atoms with Crippen molar-refractivity contribution in [1.29, 1.82) is 0 Å². The summed E-state index contributed by atoms with van der Waals surface area (Å²) in [6, 6.07) is 11.2. The Morgan fingerprint density at radius 1 is 1.21 bits per heavy atom. The van der Waals surface area contributed by atoms with Crippen molar-refractivity contribution in [3.05, 3.63) is 35.9 Å². The van der Waals surface area contributed by atoms with E-state index < -0.39 is 0 Å². The number of nitrogens with one attached hydrogen (secondary N) is 1. The smallest absolute Gasteiger partial charge is 0.0821 e. The number of nitrogens with two attached hydrogens (primary N) is 1. The fourth-order valence-electron chi connectivity index (χ4n) is 4.04. The number of hydrogen-bond acceptors (Lipinski definition) is 1. The Hall–Kier alpha value is -0.900. The van der Waals surface area contributed by atoms with Crippen LogP contribution in [0.15, 0.2) is 30.3 Å².